The van der Waals surface area contributed by atoms with Crippen molar-refractivity contribution in [2.75, 3.05) is 0 Å². The molecule has 2 aliphatic carbocycles. The number of pyridine rings is 2. The standard InChI is InChI=1S/C35H36N2O3/c38-29-19-25-7-1-3-11-31(25)27(21-29)15-13-23-9-5-17-36-33(23)35(40)34-24(10-6-18-37-34)14-16-28-22-30(39)20-26-8-2-4-12-32(26)28/h1-12,17-18,27-30,38-39H,13-16,19-22H2. The average molecular weight is 533 g/mol. The summed E-state index contributed by atoms with van der Waals surface area (Å²) in [5, 5.41) is 20.9. The first-order valence-corrected chi connectivity index (χ1v) is 14.5. The van der Waals surface area contributed by atoms with E-state index in [9.17, 15) is 15.0 Å². The second-order valence-electron chi connectivity index (χ2n) is 11.4. The van der Waals surface area contributed by atoms with E-state index in [0.29, 0.717) is 37.1 Å². The van der Waals surface area contributed by atoms with Crippen LogP contribution < -0.4 is 0 Å². The minimum atomic E-state index is -0.330. The summed E-state index contributed by atoms with van der Waals surface area (Å²) in [6, 6.07) is 24.5. The predicted octanol–water partition coefficient (Wildman–Crippen LogP) is 5.75. The zero-order chi connectivity index (χ0) is 27.5. The fourth-order valence-electron chi connectivity index (χ4n) is 6.83. The van der Waals surface area contributed by atoms with Crippen molar-refractivity contribution in [1.29, 1.82) is 0 Å². The predicted molar refractivity (Wildman–Crippen MR) is 156 cm³/mol. The average Bonchev–Trinajstić information content (AvgIpc) is 2.98. The van der Waals surface area contributed by atoms with Crippen molar-refractivity contribution in [2.24, 2.45) is 0 Å². The number of ketones is 1. The fraction of sp³-hybridized carbons (Fsp3) is 0.343. The molecule has 0 aliphatic heterocycles. The Morgan fingerprint density at radius 3 is 1.57 bits per heavy atom. The molecular weight excluding hydrogens is 496 g/mol. The Bertz CT molecular complexity index is 1390. The normalized spacial score (nSPS) is 21.9. The van der Waals surface area contributed by atoms with Gasteiger partial charge < -0.3 is 10.2 Å². The maximum Gasteiger partial charge on any atom is 0.230 e. The van der Waals surface area contributed by atoms with Crippen LogP contribution >= 0.6 is 0 Å². The van der Waals surface area contributed by atoms with Crippen LogP contribution in [0, 0.1) is 0 Å². The molecule has 0 spiro atoms. The molecule has 6 rings (SSSR count). The molecule has 2 N–H and O–H groups in total. The van der Waals surface area contributed by atoms with E-state index in [0.717, 1.165) is 36.8 Å². The number of aliphatic hydroxyl groups is 2. The Morgan fingerprint density at radius 1 is 0.650 bits per heavy atom. The van der Waals surface area contributed by atoms with Crippen LogP contribution in [0.25, 0.3) is 0 Å². The molecule has 4 unspecified atom stereocenters. The molecule has 2 aromatic heterocycles. The van der Waals surface area contributed by atoms with Gasteiger partial charge in [0.1, 0.15) is 11.4 Å². The van der Waals surface area contributed by atoms with Crippen molar-refractivity contribution in [1.82, 2.24) is 9.97 Å². The third kappa shape index (κ3) is 5.63. The van der Waals surface area contributed by atoms with Crippen LogP contribution in [-0.2, 0) is 25.7 Å². The highest BCUT2D eigenvalue weighted by molar-refractivity contribution is 6.08. The molecule has 4 aromatic rings. The molecular formula is C35H36N2O3. The number of hydrogen-bond donors (Lipinski definition) is 2. The van der Waals surface area contributed by atoms with E-state index in [1.807, 2.05) is 36.4 Å². The molecule has 0 saturated carbocycles. The number of carbonyl (C=O) groups excluding carboxylic acids is 1. The first-order valence-electron chi connectivity index (χ1n) is 14.5. The molecule has 204 valence electrons. The highest BCUT2D eigenvalue weighted by Gasteiger charge is 2.28. The second kappa shape index (κ2) is 11.8. The maximum absolute atomic E-state index is 13.9. The van der Waals surface area contributed by atoms with E-state index in [4.69, 9.17) is 0 Å². The van der Waals surface area contributed by atoms with Crippen molar-refractivity contribution in [3.63, 3.8) is 0 Å². The van der Waals surface area contributed by atoms with Crippen LogP contribution in [0.3, 0.4) is 0 Å². The SMILES string of the molecule is O=C(c1ncccc1CCC1CC(O)Cc2ccccc21)c1ncccc1CCC1CC(O)Cc2ccccc21. The fourth-order valence-corrected chi connectivity index (χ4v) is 6.83. The Morgan fingerprint density at radius 2 is 1.10 bits per heavy atom. The number of aromatic nitrogens is 2. The topological polar surface area (TPSA) is 83.3 Å². The molecule has 0 saturated heterocycles. The molecule has 4 atom stereocenters. The van der Waals surface area contributed by atoms with Gasteiger partial charge in [-0.2, -0.15) is 0 Å². The maximum atomic E-state index is 13.9. The van der Waals surface area contributed by atoms with Gasteiger partial charge in [-0.25, -0.2) is 0 Å². The lowest BCUT2D eigenvalue weighted by atomic mass is 9.78. The monoisotopic (exact) mass is 532 g/mol. The van der Waals surface area contributed by atoms with Crippen LogP contribution in [0.1, 0.15) is 87.1 Å². The summed E-state index contributed by atoms with van der Waals surface area (Å²) >= 11 is 0. The van der Waals surface area contributed by atoms with Crippen LogP contribution in [0.15, 0.2) is 85.2 Å². The Balaban J connectivity index is 1.20. The van der Waals surface area contributed by atoms with Gasteiger partial charge in [-0.15, -0.1) is 0 Å². The van der Waals surface area contributed by atoms with Crippen molar-refractivity contribution < 1.29 is 15.0 Å². The van der Waals surface area contributed by atoms with E-state index in [-0.39, 0.29) is 29.8 Å². The number of hydrogen-bond acceptors (Lipinski definition) is 5. The summed E-state index contributed by atoms with van der Waals surface area (Å²) in [5.74, 6) is 0.365. The summed E-state index contributed by atoms with van der Waals surface area (Å²) in [6.07, 6.45) is 8.70. The molecule has 5 nitrogen and oxygen atoms in total. The molecule has 0 bridgehead atoms. The molecule has 2 aliphatic rings. The minimum absolute atomic E-state index is 0.139. The van der Waals surface area contributed by atoms with Crippen LogP contribution in [0.5, 0.6) is 0 Å². The number of rotatable bonds is 8. The largest absolute Gasteiger partial charge is 0.393 e. The highest BCUT2D eigenvalue weighted by atomic mass is 16.3. The summed E-state index contributed by atoms with van der Waals surface area (Å²) in [4.78, 5) is 23.0. The van der Waals surface area contributed by atoms with Gasteiger partial charge in [0, 0.05) is 12.4 Å². The van der Waals surface area contributed by atoms with Crippen LogP contribution in [0.4, 0.5) is 0 Å². The number of fused-ring (bicyclic) bond motifs is 2. The van der Waals surface area contributed by atoms with Crippen molar-refractivity contribution >= 4 is 5.78 Å². The third-order valence-corrected chi connectivity index (χ3v) is 8.75. The highest BCUT2D eigenvalue weighted by Crippen LogP contribution is 2.36. The van der Waals surface area contributed by atoms with Gasteiger partial charge in [0.25, 0.3) is 0 Å². The van der Waals surface area contributed by atoms with Gasteiger partial charge in [0.05, 0.1) is 12.2 Å². The number of nitrogens with zero attached hydrogens (tertiary/aromatic N) is 2. The summed E-state index contributed by atoms with van der Waals surface area (Å²) in [6.45, 7) is 0. The van der Waals surface area contributed by atoms with E-state index in [1.54, 1.807) is 12.4 Å². The Labute approximate surface area is 236 Å². The molecule has 0 amide bonds. The molecule has 2 heterocycles. The van der Waals surface area contributed by atoms with Gasteiger partial charge in [0.2, 0.25) is 5.78 Å². The molecule has 2 aromatic carbocycles. The molecule has 5 heteroatoms. The van der Waals surface area contributed by atoms with Gasteiger partial charge in [0.15, 0.2) is 0 Å². The lowest BCUT2D eigenvalue weighted by Gasteiger charge is -2.29. The third-order valence-electron chi connectivity index (χ3n) is 8.75. The van der Waals surface area contributed by atoms with E-state index >= 15 is 0 Å². The minimum Gasteiger partial charge on any atom is -0.393 e. The zero-order valence-corrected chi connectivity index (χ0v) is 22.7. The van der Waals surface area contributed by atoms with E-state index in [2.05, 4.69) is 46.4 Å². The quantitative estimate of drug-likeness (QED) is 0.282. The summed E-state index contributed by atoms with van der Waals surface area (Å²) < 4.78 is 0. The molecule has 0 fully saturated rings. The Kier molecular flexibility index (Phi) is 7.85. The number of carbonyl (C=O) groups is 1. The Hall–Kier alpha value is -3.67. The molecule has 0 radical (unpaired) electrons. The summed E-state index contributed by atoms with van der Waals surface area (Å²) in [7, 11) is 0. The van der Waals surface area contributed by atoms with Gasteiger partial charge in [-0.3, -0.25) is 14.8 Å². The number of aryl methyl sites for hydroxylation is 2. The van der Waals surface area contributed by atoms with Gasteiger partial charge in [-0.1, -0.05) is 60.7 Å². The van der Waals surface area contributed by atoms with Crippen LogP contribution in [-0.4, -0.2) is 38.2 Å². The number of benzene rings is 2. The van der Waals surface area contributed by atoms with Crippen molar-refractivity contribution in [2.45, 2.75) is 75.4 Å². The van der Waals surface area contributed by atoms with Gasteiger partial charge in [-0.05, 0) is 109 Å². The van der Waals surface area contributed by atoms with Crippen LogP contribution in [0.2, 0.25) is 0 Å². The zero-order valence-electron chi connectivity index (χ0n) is 22.7. The first kappa shape index (κ1) is 26.5. The lowest BCUT2D eigenvalue weighted by molar-refractivity contribution is 0.102. The van der Waals surface area contributed by atoms with E-state index in [1.165, 1.54) is 22.3 Å². The van der Waals surface area contributed by atoms with Crippen molar-refractivity contribution in [3.05, 3.63) is 130 Å². The number of aliphatic hydroxyl groups excluding tert-OH is 2. The second-order valence-corrected chi connectivity index (χ2v) is 11.4. The first-order chi connectivity index (χ1) is 19.6. The summed E-state index contributed by atoms with van der Waals surface area (Å²) in [5.41, 5.74) is 7.84. The van der Waals surface area contributed by atoms with E-state index < -0.39 is 0 Å². The van der Waals surface area contributed by atoms with Crippen molar-refractivity contribution in [3.8, 4) is 0 Å². The smallest absolute Gasteiger partial charge is 0.230 e. The van der Waals surface area contributed by atoms with Gasteiger partial charge >= 0.3 is 0 Å². The lowest BCUT2D eigenvalue weighted by Crippen LogP contribution is -2.23. The molecule has 40 heavy (non-hydrogen) atoms.